The van der Waals surface area contributed by atoms with Gasteiger partial charge in [0, 0.05) is 6.20 Å². The summed E-state index contributed by atoms with van der Waals surface area (Å²) in [4.78, 5) is 0. The van der Waals surface area contributed by atoms with E-state index in [0.29, 0.717) is 17.4 Å². The molecule has 100 valence electrons. The molecule has 3 rings (SSSR count). The number of aromatic nitrogens is 2. The van der Waals surface area contributed by atoms with Gasteiger partial charge in [-0.1, -0.05) is 18.9 Å². The van der Waals surface area contributed by atoms with E-state index in [1.165, 1.54) is 18.9 Å². The molecule has 0 aliphatic heterocycles. The van der Waals surface area contributed by atoms with E-state index in [4.69, 9.17) is 4.74 Å². The zero-order valence-corrected chi connectivity index (χ0v) is 11.0. The topological polar surface area (TPSA) is 27.1 Å². The summed E-state index contributed by atoms with van der Waals surface area (Å²) in [6, 6.07) is 7.15. The second kappa shape index (κ2) is 5.03. The molecule has 1 aromatic heterocycles. The van der Waals surface area contributed by atoms with E-state index >= 15 is 0 Å². The number of nitrogens with zero attached hydrogens (tertiary/aromatic N) is 2. The number of hydrogen-bond donors (Lipinski definition) is 0. The summed E-state index contributed by atoms with van der Waals surface area (Å²) in [5.41, 5.74) is 1.32. The summed E-state index contributed by atoms with van der Waals surface area (Å²) >= 11 is 0. The number of rotatable bonds is 3. The molecule has 0 amide bonds. The minimum atomic E-state index is -0.265. The Kier molecular flexibility index (Phi) is 3.23. The Balaban J connectivity index is 2.10. The van der Waals surface area contributed by atoms with Crippen molar-refractivity contribution in [1.29, 1.82) is 0 Å². The summed E-state index contributed by atoms with van der Waals surface area (Å²) in [5.74, 6) is 0.291. The van der Waals surface area contributed by atoms with Crippen LogP contribution >= 0.6 is 0 Å². The molecule has 4 heteroatoms. The monoisotopic (exact) mass is 260 g/mol. The molecule has 1 aliphatic carbocycles. The van der Waals surface area contributed by atoms with Crippen LogP contribution in [0.1, 0.15) is 31.7 Å². The molecule has 1 heterocycles. The molecule has 0 saturated heterocycles. The standard InChI is InChI=1S/C15H17FN2O/c1-19-14-8-4-7-12(16)15(14)13-9-10-17-18(13)11-5-2-3-6-11/h4,7-11H,2-3,5-6H2,1H3. The van der Waals surface area contributed by atoms with Crippen molar-refractivity contribution < 1.29 is 9.13 Å². The van der Waals surface area contributed by atoms with Gasteiger partial charge in [-0.3, -0.25) is 4.68 Å². The Morgan fingerprint density at radius 3 is 2.79 bits per heavy atom. The van der Waals surface area contributed by atoms with Crippen molar-refractivity contribution in [3.05, 3.63) is 36.3 Å². The molecule has 0 radical (unpaired) electrons. The van der Waals surface area contributed by atoms with Crippen LogP contribution in [0.4, 0.5) is 4.39 Å². The fourth-order valence-electron chi connectivity index (χ4n) is 2.88. The smallest absolute Gasteiger partial charge is 0.136 e. The van der Waals surface area contributed by atoms with Crippen LogP contribution < -0.4 is 4.74 Å². The van der Waals surface area contributed by atoms with Crippen molar-refractivity contribution in [1.82, 2.24) is 9.78 Å². The van der Waals surface area contributed by atoms with Gasteiger partial charge in [-0.05, 0) is 31.0 Å². The quantitative estimate of drug-likeness (QED) is 0.839. The maximum absolute atomic E-state index is 14.1. The second-order valence-electron chi connectivity index (χ2n) is 4.92. The van der Waals surface area contributed by atoms with Gasteiger partial charge in [0.05, 0.1) is 24.4 Å². The molecule has 0 spiro atoms. The molecule has 3 nitrogen and oxygen atoms in total. The maximum atomic E-state index is 14.1. The van der Waals surface area contributed by atoms with E-state index in [9.17, 15) is 4.39 Å². The first-order chi connectivity index (χ1) is 9.31. The number of ether oxygens (including phenoxy) is 1. The van der Waals surface area contributed by atoms with Crippen LogP contribution in [-0.4, -0.2) is 16.9 Å². The fraction of sp³-hybridized carbons (Fsp3) is 0.400. The molecule has 1 fully saturated rings. The highest BCUT2D eigenvalue weighted by molar-refractivity contribution is 5.68. The Morgan fingerprint density at radius 1 is 1.26 bits per heavy atom. The molecule has 0 atom stereocenters. The molecule has 1 saturated carbocycles. The fourth-order valence-corrected chi connectivity index (χ4v) is 2.88. The molecular formula is C15H17FN2O. The van der Waals surface area contributed by atoms with Gasteiger partial charge in [0.2, 0.25) is 0 Å². The third kappa shape index (κ3) is 2.11. The third-order valence-corrected chi connectivity index (χ3v) is 3.79. The molecule has 0 bridgehead atoms. The van der Waals surface area contributed by atoms with Crippen LogP contribution in [0.5, 0.6) is 5.75 Å². The van der Waals surface area contributed by atoms with Crippen molar-refractivity contribution in [2.75, 3.05) is 7.11 Å². The Morgan fingerprint density at radius 2 is 2.05 bits per heavy atom. The van der Waals surface area contributed by atoms with E-state index in [1.54, 1.807) is 25.4 Å². The molecular weight excluding hydrogens is 243 g/mol. The minimum absolute atomic E-state index is 0.265. The molecule has 2 aromatic rings. The lowest BCUT2D eigenvalue weighted by molar-refractivity contribution is 0.411. The van der Waals surface area contributed by atoms with Gasteiger partial charge in [-0.15, -0.1) is 0 Å². The lowest BCUT2D eigenvalue weighted by Crippen LogP contribution is -2.09. The van der Waals surface area contributed by atoms with Crippen molar-refractivity contribution in [2.45, 2.75) is 31.7 Å². The summed E-state index contributed by atoms with van der Waals surface area (Å²) in [5, 5.41) is 4.39. The lowest BCUT2D eigenvalue weighted by atomic mass is 10.1. The molecule has 1 aliphatic rings. The van der Waals surface area contributed by atoms with E-state index in [0.717, 1.165) is 18.5 Å². The van der Waals surface area contributed by atoms with Crippen molar-refractivity contribution in [3.63, 3.8) is 0 Å². The third-order valence-electron chi connectivity index (χ3n) is 3.79. The zero-order chi connectivity index (χ0) is 13.2. The van der Waals surface area contributed by atoms with Crippen LogP contribution in [-0.2, 0) is 0 Å². The van der Waals surface area contributed by atoms with Crippen LogP contribution in [0.15, 0.2) is 30.5 Å². The second-order valence-corrected chi connectivity index (χ2v) is 4.92. The predicted molar refractivity (Wildman–Crippen MR) is 71.7 cm³/mol. The number of halogens is 1. The van der Waals surface area contributed by atoms with Gasteiger partial charge in [-0.2, -0.15) is 5.10 Å². The average molecular weight is 260 g/mol. The van der Waals surface area contributed by atoms with Gasteiger partial charge in [0.25, 0.3) is 0 Å². The summed E-state index contributed by atoms with van der Waals surface area (Å²) < 4.78 is 21.4. The van der Waals surface area contributed by atoms with Crippen molar-refractivity contribution >= 4 is 0 Å². The Hall–Kier alpha value is -1.84. The molecule has 1 aromatic carbocycles. The Labute approximate surface area is 112 Å². The van der Waals surface area contributed by atoms with Gasteiger partial charge in [0.1, 0.15) is 11.6 Å². The average Bonchev–Trinajstić information content (AvgIpc) is 3.08. The van der Waals surface area contributed by atoms with Crippen molar-refractivity contribution in [3.8, 4) is 17.0 Å². The van der Waals surface area contributed by atoms with E-state index in [1.807, 2.05) is 10.7 Å². The SMILES string of the molecule is COc1cccc(F)c1-c1ccnn1C1CCCC1. The Bertz CT molecular complexity index is 573. The van der Waals surface area contributed by atoms with Crippen LogP contribution in [0.3, 0.4) is 0 Å². The van der Waals surface area contributed by atoms with Crippen LogP contribution in [0, 0.1) is 5.82 Å². The molecule has 0 N–H and O–H groups in total. The minimum Gasteiger partial charge on any atom is -0.496 e. The first kappa shape index (κ1) is 12.2. The summed E-state index contributed by atoms with van der Waals surface area (Å²) in [6.07, 6.45) is 6.41. The van der Waals surface area contributed by atoms with Gasteiger partial charge in [-0.25, -0.2) is 4.39 Å². The first-order valence-corrected chi connectivity index (χ1v) is 6.67. The first-order valence-electron chi connectivity index (χ1n) is 6.67. The van der Waals surface area contributed by atoms with Gasteiger partial charge in [0.15, 0.2) is 0 Å². The predicted octanol–water partition coefficient (Wildman–Crippen LogP) is 3.81. The van der Waals surface area contributed by atoms with Crippen molar-refractivity contribution in [2.24, 2.45) is 0 Å². The maximum Gasteiger partial charge on any atom is 0.136 e. The van der Waals surface area contributed by atoms with E-state index in [2.05, 4.69) is 5.10 Å². The largest absolute Gasteiger partial charge is 0.496 e. The van der Waals surface area contributed by atoms with E-state index in [-0.39, 0.29) is 5.82 Å². The van der Waals surface area contributed by atoms with Gasteiger partial charge >= 0.3 is 0 Å². The van der Waals surface area contributed by atoms with Crippen LogP contribution in [0.2, 0.25) is 0 Å². The lowest BCUT2D eigenvalue weighted by Gasteiger charge is -2.16. The van der Waals surface area contributed by atoms with E-state index < -0.39 is 0 Å². The van der Waals surface area contributed by atoms with Crippen LogP contribution in [0.25, 0.3) is 11.3 Å². The normalized spacial score (nSPS) is 15.9. The highest BCUT2D eigenvalue weighted by Crippen LogP contribution is 2.37. The molecule has 19 heavy (non-hydrogen) atoms. The molecule has 0 unspecified atom stereocenters. The summed E-state index contributed by atoms with van der Waals surface area (Å²) in [7, 11) is 1.56. The number of hydrogen-bond acceptors (Lipinski definition) is 2. The number of methoxy groups -OCH3 is 1. The zero-order valence-electron chi connectivity index (χ0n) is 11.0. The van der Waals surface area contributed by atoms with Gasteiger partial charge < -0.3 is 4.74 Å². The summed E-state index contributed by atoms with van der Waals surface area (Å²) in [6.45, 7) is 0. The highest BCUT2D eigenvalue weighted by atomic mass is 19.1. The number of benzene rings is 1. The highest BCUT2D eigenvalue weighted by Gasteiger charge is 2.23.